The second-order valence-corrected chi connectivity index (χ2v) is 7.09. The lowest BCUT2D eigenvalue weighted by Crippen LogP contribution is -2.48. The molecule has 1 aliphatic heterocycles. The molecule has 1 N–H and O–H groups in total. The van der Waals surface area contributed by atoms with Gasteiger partial charge in [-0.05, 0) is 36.1 Å². The van der Waals surface area contributed by atoms with Crippen molar-refractivity contribution in [3.05, 3.63) is 66.2 Å². The zero-order chi connectivity index (χ0) is 19.5. The van der Waals surface area contributed by atoms with Gasteiger partial charge in [0.15, 0.2) is 0 Å². The highest BCUT2D eigenvalue weighted by molar-refractivity contribution is 5.82. The molecule has 0 bridgehead atoms. The Morgan fingerprint density at radius 2 is 2.00 bits per heavy atom. The zero-order valence-electron chi connectivity index (χ0n) is 15.7. The molecule has 0 aliphatic carbocycles. The first kappa shape index (κ1) is 18.7. The van der Waals surface area contributed by atoms with E-state index in [1.165, 1.54) is 13.2 Å². The summed E-state index contributed by atoms with van der Waals surface area (Å²) in [5.74, 6) is 0.926. The number of piperidine rings is 1. The minimum atomic E-state index is -0.639. The average molecular weight is 382 g/mol. The standard InChI is InChI=1S/C22H23FN2O3/c1-27-18-4-3-16(20(23)11-18)13-25-9-7-22(21(26)14-25)28-19-5-2-15-6-8-24-12-17(15)10-19/h2-6,8,10-12,21-22,26H,7,9,13-14H2,1H3/t21-,22-/m1/s1. The van der Waals surface area contributed by atoms with Gasteiger partial charge in [-0.25, -0.2) is 4.39 Å². The third kappa shape index (κ3) is 4.08. The number of ether oxygens (including phenoxy) is 2. The Morgan fingerprint density at radius 1 is 1.14 bits per heavy atom. The Bertz CT molecular complexity index is 965. The summed E-state index contributed by atoms with van der Waals surface area (Å²) in [5.41, 5.74) is 0.592. The first-order valence-electron chi connectivity index (χ1n) is 9.35. The van der Waals surface area contributed by atoms with Crippen LogP contribution in [-0.2, 0) is 6.54 Å². The normalized spacial score (nSPS) is 20.2. The van der Waals surface area contributed by atoms with E-state index in [1.54, 1.807) is 24.5 Å². The molecule has 28 heavy (non-hydrogen) atoms. The van der Waals surface area contributed by atoms with E-state index in [4.69, 9.17) is 9.47 Å². The summed E-state index contributed by atoms with van der Waals surface area (Å²) in [5, 5.41) is 12.6. The monoisotopic (exact) mass is 382 g/mol. The van der Waals surface area contributed by atoms with Crippen LogP contribution in [0.4, 0.5) is 4.39 Å². The topological polar surface area (TPSA) is 54.8 Å². The van der Waals surface area contributed by atoms with Gasteiger partial charge in [-0.2, -0.15) is 0 Å². The van der Waals surface area contributed by atoms with Crippen molar-refractivity contribution < 1.29 is 19.0 Å². The number of β-amino-alcohol motifs (C(OH)–C–C–N with tert-alkyl or cyclic N) is 1. The lowest BCUT2D eigenvalue weighted by atomic mass is 10.0. The molecule has 2 aromatic carbocycles. The predicted molar refractivity (Wildman–Crippen MR) is 105 cm³/mol. The van der Waals surface area contributed by atoms with Crippen LogP contribution in [0.2, 0.25) is 0 Å². The minimum Gasteiger partial charge on any atom is -0.497 e. The summed E-state index contributed by atoms with van der Waals surface area (Å²) >= 11 is 0. The van der Waals surface area contributed by atoms with Gasteiger partial charge >= 0.3 is 0 Å². The third-order valence-electron chi connectivity index (χ3n) is 5.16. The molecule has 1 fully saturated rings. The Balaban J connectivity index is 1.38. The number of aliphatic hydroxyl groups excluding tert-OH is 1. The van der Waals surface area contributed by atoms with Crippen LogP contribution in [0.5, 0.6) is 11.5 Å². The summed E-state index contributed by atoms with van der Waals surface area (Å²) in [4.78, 5) is 6.17. The van der Waals surface area contributed by atoms with Crippen molar-refractivity contribution in [2.75, 3.05) is 20.2 Å². The van der Waals surface area contributed by atoms with Gasteiger partial charge in [0, 0.05) is 49.0 Å². The smallest absolute Gasteiger partial charge is 0.131 e. The molecule has 5 nitrogen and oxygen atoms in total. The number of fused-ring (bicyclic) bond motifs is 1. The number of aromatic nitrogens is 1. The molecule has 2 atom stereocenters. The lowest BCUT2D eigenvalue weighted by Gasteiger charge is -2.36. The maximum absolute atomic E-state index is 14.2. The van der Waals surface area contributed by atoms with Crippen molar-refractivity contribution in [2.45, 2.75) is 25.2 Å². The molecule has 4 rings (SSSR count). The molecule has 6 heteroatoms. The van der Waals surface area contributed by atoms with Gasteiger partial charge in [0.2, 0.25) is 0 Å². The van der Waals surface area contributed by atoms with Gasteiger partial charge in [0.1, 0.15) is 29.5 Å². The van der Waals surface area contributed by atoms with Gasteiger partial charge in [0.25, 0.3) is 0 Å². The number of methoxy groups -OCH3 is 1. The molecule has 3 aromatic rings. The molecular formula is C22H23FN2O3. The molecule has 0 spiro atoms. The molecule has 146 valence electrons. The van der Waals surface area contributed by atoms with Crippen molar-refractivity contribution in [2.24, 2.45) is 0 Å². The molecule has 0 radical (unpaired) electrons. The van der Waals surface area contributed by atoms with Gasteiger partial charge in [-0.15, -0.1) is 0 Å². The van der Waals surface area contributed by atoms with Crippen LogP contribution in [0.15, 0.2) is 54.9 Å². The molecule has 1 saturated heterocycles. The van der Waals surface area contributed by atoms with Crippen LogP contribution in [-0.4, -0.2) is 47.4 Å². The molecular weight excluding hydrogens is 359 g/mol. The average Bonchev–Trinajstić information content (AvgIpc) is 2.71. The number of likely N-dealkylation sites (tertiary alicyclic amines) is 1. The number of pyridine rings is 1. The Kier molecular flexibility index (Phi) is 5.41. The third-order valence-corrected chi connectivity index (χ3v) is 5.16. The summed E-state index contributed by atoms with van der Waals surface area (Å²) in [7, 11) is 1.52. The number of benzene rings is 2. The highest BCUT2D eigenvalue weighted by Crippen LogP contribution is 2.25. The van der Waals surface area contributed by atoms with Crippen LogP contribution in [0.3, 0.4) is 0 Å². The minimum absolute atomic E-state index is 0.286. The van der Waals surface area contributed by atoms with Gasteiger partial charge in [-0.1, -0.05) is 12.1 Å². The molecule has 1 aromatic heterocycles. The van der Waals surface area contributed by atoms with Gasteiger partial charge in [-0.3, -0.25) is 9.88 Å². The highest BCUT2D eigenvalue weighted by Gasteiger charge is 2.29. The van der Waals surface area contributed by atoms with Crippen molar-refractivity contribution in [1.82, 2.24) is 9.88 Å². The number of nitrogens with zero attached hydrogens (tertiary/aromatic N) is 2. The first-order valence-corrected chi connectivity index (χ1v) is 9.35. The number of hydrogen-bond donors (Lipinski definition) is 1. The highest BCUT2D eigenvalue weighted by atomic mass is 19.1. The SMILES string of the molecule is COc1ccc(CN2CC[C@@H](Oc3ccc4ccncc4c3)[C@H](O)C2)c(F)c1. The van der Waals surface area contributed by atoms with Crippen LogP contribution in [0, 0.1) is 5.82 Å². The Hall–Kier alpha value is -2.70. The first-order chi connectivity index (χ1) is 13.6. The van der Waals surface area contributed by atoms with E-state index in [0.717, 1.165) is 23.1 Å². The maximum Gasteiger partial charge on any atom is 0.131 e. The van der Waals surface area contributed by atoms with Crippen molar-refractivity contribution in [3.63, 3.8) is 0 Å². The van der Waals surface area contributed by atoms with Gasteiger partial charge in [0.05, 0.1) is 7.11 Å². The van der Waals surface area contributed by atoms with Crippen LogP contribution in [0.1, 0.15) is 12.0 Å². The fraction of sp³-hybridized carbons (Fsp3) is 0.318. The Labute approximate surface area is 163 Å². The summed E-state index contributed by atoms with van der Waals surface area (Å²) in [6.07, 6.45) is 3.30. The number of aliphatic hydroxyl groups is 1. The van der Waals surface area contributed by atoms with Crippen LogP contribution < -0.4 is 9.47 Å². The fourth-order valence-corrected chi connectivity index (χ4v) is 3.59. The van der Waals surface area contributed by atoms with Crippen molar-refractivity contribution in [1.29, 1.82) is 0 Å². The second-order valence-electron chi connectivity index (χ2n) is 7.09. The summed E-state index contributed by atoms with van der Waals surface area (Å²) in [6, 6.07) is 12.6. The second kappa shape index (κ2) is 8.12. The number of hydrogen-bond acceptors (Lipinski definition) is 5. The summed E-state index contributed by atoms with van der Waals surface area (Å²) < 4.78 is 25.3. The molecule has 0 saturated carbocycles. The van der Waals surface area contributed by atoms with Gasteiger partial charge < -0.3 is 14.6 Å². The van der Waals surface area contributed by atoms with E-state index in [9.17, 15) is 9.50 Å². The molecule has 0 unspecified atom stereocenters. The predicted octanol–water partition coefficient (Wildman–Crippen LogP) is 3.40. The molecule has 0 amide bonds. The van der Waals surface area contributed by atoms with Crippen LogP contribution >= 0.6 is 0 Å². The van der Waals surface area contributed by atoms with E-state index < -0.39 is 6.10 Å². The number of halogens is 1. The zero-order valence-corrected chi connectivity index (χ0v) is 15.7. The fourth-order valence-electron chi connectivity index (χ4n) is 3.59. The van der Waals surface area contributed by atoms with E-state index in [-0.39, 0.29) is 11.9 Å². The summed E-state index contributed by atoms with van der Waals surface area (Å²) in [6.45, 7) is 1.61. The van der Waals surface area contributed by atoms with E-state index in [2.05, 4.69) is 4.98 Å². The lowest BCUT2D eigenvalue weighted by molar-refractivity contribution is -0.0276. The Morgan fingerprint density at radius 3 is 2.79 bits per heavy atom. The largest absolute Gasteiger partial charge is 0.497 e. The van der Waals surface area contributed by atoms with Crippen LogP contribution in [0.25, 0.3) is 10.8 Å². The molecule has 2 heterocycles. The van der Waals surface area contributed by atoms with E-state index >= 15 is 0 Å². The van der Waals surface area contributed by atoms with Crippen molar-refractivity contribution in [3.8, 4) is 11.5 Å². The maximum atomic E-state index is 14.2. The quantitative estimate of drug-likeness (QED) is 0.733. The van der Waals surface area contributed by atoms with Crippen molar-refractivity contribution >= 4 is 10.8 Å². The van der Waals surface area contributed by atoms with E-state index in [1.807, 2.05) is 29.2 Å². The molecule has 1 aliphatic rings. The van der Waals surface area contributed by atoms with E-state index in [0.29, 0.717) is 30.8 Å². The number of rotatable bonds is 5.